The summed E-state index contributed by atoms with van der Waals surface area (Å²) in [5.41, 5.74) is 0.716. The summed E-state index contributed by atoms with van der Waals surface area (Å²) in [6.07, 6.45) is 0.632. The van der Waals surface area contributed by atoms with Crippen LogP contribution in [0.1, 0.15) is 20.3 Å². The molecule has 0 saturated carbocycles. The van der Waals surface area contributed by atoms with Crippen LogP contribution < -0.4 is 5.32 Å². The first-order chi connectivity index (χ1) is 10.5. The second-order valence-corrected chi connectivity index (χ2v) is 5.92. The Morgan fingerprint density at radius 1 is 1.32 bits per heavy atom. The van der Waals surface area contributed by atoms with Crippen LogP contribution in [0.15, 0.2) is 30.3 Å². The molecule has 22 heavy (non-hydrogen) atoms. The number of rotatable bonds is 7. The summed E-state index contributed by atoms with van der Waals surface area (Å²) >= 11 is 0. The van der Waals surface area contributed by atoms with Gasteiger partial charge in [-0.15, -0.1) is 10.2 Å². The Kier molecular flexibility index (Phi) is 5.21. The third kappa shape index (κ3) is 4.63. The van der Waals surface area contributed by atoms with Gasteiger partial charge in [0.1, 0.15) is 6.54 Å². The molecule has 0 spiro atoms. The Labute approximate surface area is 129 Å². The van der Waals surface area contributed by atoms with E-state index in [-0.39, 0.29) is 24.5 Å². The number of hydrogen-bond acceptors (Lipinski definition) is 5. The first kappa shape index (κ1) is 16.1. The van der Waals surface area contributed by atoms with Crippen molar-refractivity contribution in [2.24, 2.45) is 5.41 Å². The topological polar surface area (TPSA) is 92.9 Å². The number of aliphatic hydroxyl groups excluding tert-OH is 1. The fourth-order valence-corrected chi connectivity index (χ4v) is 1.93. The first-order valence-electron chi connectivity index (χ1n) is 7.21. The van der Waals surface area contributed by atoms with Gasteiger partial charge in [0.25, 0.3) is 0 Å². The minimum absolute atomic E-state index is 0.0229. The molecule has 7 nitrogen and oxygen atoms in total. The molecule has 2 N–H and O–H groups in total. The van der Waals surface area contributed by atoms with Crippen LogP contribution in [0.25, 0.3) is 11.4 Å². The van der Waals surface area contributed by atoms with E-state index in [1.807, 2.05) is 44.2 Å². The second-order valence-electron chi connectivity index (χ2n) is 5.92. The number of aromatic nitrogens is 4. The van der Waals surface area contributed by atoms with E-state index >= 15 is 0 Å². The summed E-state index contributed by atoms with van der Waals surface area (Å²) in [6, 6.07) is 9.48. The molecule has 0 unspecified atom stereocenters. The molecule has 2 aromatic rings. The molecule has 1 heterocycles. The van der Waals surface area contributed by atoms with Crippen LogP contribution in [0.2, 0.25) is 0 Å². The SMILES string of the molecule is CC(C)(CCO)CNC(=O)Cn1nnc(-c2ccccc2)n1. The fourth-order valence-electron chi connectivity index (χ4n) is 1.93. The van der Waals surface area contributed by atoms with Crippen molar-refractivity contribution in [2.75, 3.05) is 13.2 Å². The van der Waals surface area contributed by atoms with Gasteiger partial charge in [0.2, 0.25) is 11.7 Å². The molecule has 1 aromatic carbocycles. The van der Waals surface area contributed by atoms with Crippen molar-refractivity contribution < 1.29 is 9.90 Å². The van der Waals surface area contributed by atoms with Gasteiger partial charge in [0.05, 0.1) is 0 Å². The van der Waals surface area contributed by atoms with E-state index in [0.29, 0.717) is 18.8 Å². The number of benzene rings is 1. The lowest BCUT2D eigenvalue weighted by Gasteiger charge is -2.23. The van der Waals surface area contributed by atoms with Crippen LogP contribution in [-0.2, 0) is 11.3 Å². The zero-order valence-electron chi connectivity index (χ0n) is 12.9. The van der Waals surface area contributed by atoms with E-state index in [1.165, 1.54) is 4.80 Å². The predicted octanol–water partition coefficient (Wildman–Crippen LogP) is 0.865. The Bertz CT molecular complexity index is 609. The lowest BCUT2D eigenvalue weighted by Crippen LogP contribution is -2.36. The second kappa shape index (κ2) is 7.13. The molecule has 0 radical (unpaired) electrons. The van der Waals surface area contributed by atoms with Crippen LogP contribution in [0, 0.1) is 5.41 Å². The summed E-state index contributed by atoms with van der Waals surface area (Å²) in [5.74, 6) is 0.317. The van der Waals surface area contributed by atoms with Crippen molar-refractivity contribution in [3.8, 4) is 11.4 Å². The summed E-state index contributed by atoms with van der Waals surface area (Å²) in [7, 11) is 0. The third-order valence-electron chi connectivity index (χ3n) is 3.32. The summed E-state index contributed by atoms with van der Waals surface area (Å²) in [6.45, 7) is 4.60. The zero-order valence-corrected chi connectivity index (χ0v) is 12.9. The van der Waals surface area contributed by atoms with Crippen molar-refractivity contribution in [1.82, 2.24) is 25.5 Å². The van der Waals surface area contributed by atoms with Gasteiger partial charge in [-0.1, -0.05) is 44.2 Å². The van der Waals surface area contributed by atoms with E-state index in [1.54, 1.807) is 0 Å². The molecule has 1 amide bonds. The van der Waals surface area contributed by atoms with Gasteiger partial charge in [0.15, 0.2) is 0 Å². The van der Waals surface area contributed by atoms with Gasteiger partial charge >= 0.3 is 0 Å². The molecule has 0 aliphatic heterocycles. The molecule has 7 heteroatoms. The highest BCUT2D eigenvalue weighted by Crippen LogP contribution is 2.17. The van der Waals surface area contributed by atoms with E-state index in [0.717, 1.165) is 5.56 Å². The first-order valence-corrected chi connectivity index (χ1v) is 7.21. The average Bonchev–Trinajstić information content (AvgIpc) is 2.95. The monoisotopic (exact) mass is 303 g/mol. The van der Waals surface area contributed by atoms with Crippen molar-refractivity contribution >= 4 is 5.91 Å². The highest BCUT2D eigenvalue weighted by atomic mass is 16.3. The Hall–Kier alpha value is -2.28. The van der Waals surface area contributed by atoms with Crippen LogP contribution >= 0.6 is 0 Å². The number of carbonyl (C=O) groups excluding carboxylic acids is 1. The Balaban J connectivity index is 1.89. The van der Waals surface area contributed by atoms with Crippen LogP contribution in [-0.4, -0.2) is 44.4 Å². The molecule has 0 saturated heterocycles. The number of nitrogens with one attached hydrogen (secondary N) is 1. The van der Waals surface area contributed by atoms with Gasteiger partial charge < -0.3 is 10.4 Å². The van der Waals surface area contributed by atoms with E-state index in [4.69, 9.17) is 5.11 Å². The molecule has 0 fully saturated rings. The number of aliphatic hydroxyl groups is 1. The molecule has 0 aliphatic carbocycles. The third-order valence-corrected chi connectivity index (χ3v) is 3.32. The van der Waals surface area contributed by atoms with Crippen molar-refractivity contribution in [3.63, 3.8) is 0 Å². The highest BCUT2D eigenvalue weighted by Gasteiger charge is 2.18. The van der Waals surface area contributed by atoms with Crippen LogP contribution in [0.5, 0.6) is 0 Å². The lowest BCUT2D eigenvalue weighted by atomic mass is 9.90. The van der Waals surface area contributed by atoms with Crippen LogP contribution in [0.4, 0.5) is 0 Å². The molecule has 2 rings (SSSR count). The highest BCUT2D eigenvalue weighted by molar-refractivity contribution is 5.75. The summed E-state index contributed by atoms with van der Waals surface area (Å²) in [4.78, 5) is 13.2. The number of nitrogens with zero attached hydrogens (tertiary/aromatic N) is 4. The van der Waals surface area contributed by atoms with Gasteiger partial charge in [-0.3, -0.25) is 4.79 Å². The maximum absolute atomic E-state index is 11.9. The van der Waals surface area contributed by atoms with Gasteiger partial charge in [-0.2, -0.15) is 4.80 Å². The van der Waals surface area contributed by atoms with Gasteiger partial charge in [-0.05, 0) is 17.0 Å². The maximum atomic E-state index is 11.9. The normalized spacial score (nSPS) is 11.4. The predicted molar refractivity (Wildman–Crippen MR) is 81.7 cm³/mol. The maximum Gasteiger partial charge on any atom is 0.243 e. The molecule has 1 aromatic heterocycles. The number of tetrazole rings is 1. The molecule has 0 aliphatic rings. The minimum atomic E-state index is -0.178. The van der Waals surface area contributed by atoms with Gasteiger partial charge in [-0.25, -0.2) is 0 Å². The van der Waals surface area contributed by atoms with Crippen molar-refractivity contribution in [1.29, 1.82) is 0 Å². The fraction of sp³-hybridized carbons (Fsp3) is 0.467. The standard InChI is InChI=1S/C15H21N5O2/c1-15(2,8-9-21)11-16-13(22)10-20-18-14(17-19-20)12-6-4-3-5-7-12/h3-7,21H,8-11H2,1-2H3,(H,16,22). The van der Waals surface area contributed by atoms with Gasteiger partial charge in [0, 0.05) is 18.7 Å². The molecule has 0 atom stereocenters. The lowest BCUT2D eigenvalue weighted by molar-refractivity contribution is -0.122. The largest absolute Gasteiger partial charge is 0.396 e. The zero-order chi connectivity index (χ0) is 16.0. The number of hydrogen-bond donors (Lipinski definition) is 2. The van der Waals surface area contributed by atoms with E-state index < -0.39 is 0 Å². The average molecular weight is 303 g/mol. The quantitative estimate of drug-likeness (QED) is 0.791. The molecular weight excluding hydrogens is 282 g/mol. The number of carbonyl (C=O) groups is 1. The Morgan fingerprint density at radius 2 is 2.05 bits per heavy atom. The minimum Gasteiger partial charge on any atom is -0.396 e. The number of amides is 1. The molecule has 118 valence electrons. The Morgan fingerprint density at radius 3 is 2.73 bits per heavy atom. The molecular formula is C15H21N5O2. The van der Waals surface area contributed by atoms with Crippen molar-refractivity contribution in [3.05, 3.63) is 30.3 Å². The summed E-state index contributed by atoms with van der Waals surface area (Å²) in [5, 5.41) is 23.8. The van der Waals surface area contributed by atoms with Crippen molar-refractivity contribution in [2.45, 2.75) is 26.8 Å². The van der Waals surface area contributed by atoms with Crippen LogP contribution in [0.3, 0.4) is 0 Å². The van der Waals surface area contributed by atoms with E-state index in [2.05, 4.69) is 20.7 Å². The molecule has 0 bridgehead atoms. The van der Waals surface area contributed by atoms with E-state index in [9.17, 15) is 4.79 Å². The summed E-state index contributed by atoms with van der Waals surface area (Å²) < 4.78 is 0. The smallest absolute Gasteiger partial charge is 0.243 e.